The van der Waals surface area contributed by atoms with E-state index >= 15 is 0 Å². The van der Waals surface area contributed by atoms with E-state index in [1.165, 1.54) is 0 Å². The van der Waals surface area contributed by atoms with Crippen LogP contribution in [0.2, 0.25) is 0 Å². The molecular formula is C19H18N4O3. The molecule has 1 amide bonds. The summed E-state index contributed by atoms with van der Waals surface area (Å²) in [5.41, 5.74) is 10.5. The minimum absolute atomic E-state index is 0.156. The number of carbonyl (C=O) groups is 1. The van der Waals surface area contributed by atoms with Gasteiger partial charge in [-0.05, 0) is 35.4 Å². The van der Waals surface area contributed by atoms with Crippen LogP contribution in [0.15, 0.2) is 65.8 Å². The number of methoxy groups -OCH3 is 1. The molecule has 2 unspecified atom stereocenters. The Kier molecular flexibility index (Phi) is 5.53. The van der Waals surface area contributed by atoms with Gasteiger partial charge in [-0.3, -0.25) is 4.79 Å². The second-order valence-electron chi connectivity index (χ2n) is 5.66. The summed E-state index contributed by atoms with van der Waals surface area (Å²) in [6.07, 6.45) is 3.80. The van der Waals surface area contributed by atoms with Gasteiger partial charge in [-0.1, -0.05) is 47.6 Å². The molecular weight excluding hydrogens is 332 g/mol. The third-order valence-electron chi connectivity index (χ3n) is 4.03. The molecule has 0 radical (unpaired) electrons. The first-order valence-electron chi connectivity index (χ1n) is 8.07. The fourth-order valence-electron chi connectivity index (χ4n) is 2.76. The molecule has 2 aromatic carbocycles. The fraction of sp³-hybridized carbons (Fsp3) is 0.211. The second-order valence-corrected chi connectivity index (χ2v) is 5.66. The number of benzene rings is 2. The van der Waals surface area contributed by atoms with Crippen LogP contribution in [0.4, 0.5) is 5.69 Å². The van der Waals surface area contributed by atoms with Gasteiger partial charge in [-0.25, -0.2) is 0 Å². The molecule has 0 aromatic heterocycles. The van der Waals surface area contributed by atoms with E-state index in [2.05, 4.69) is 10.0 Å². The van der Waals surface area contributed by atoms with E-state index in [9.17, 15) is 4.79 Å². The molecule has 0 saturated carbocycles. The van der Waals surface area contributed by atoms with Crippen molar-refractivity contribution in [2.75, 3.05) is 18.8 Å². The Balaban J connectivity index is 1.81. The molecule has 0 bridgehead atoms. The number of ether oxygens (including phenoxy) is 2. The van der Waals surface area contributed by atoms with Gasteiger partial charge in [0.05, 0.1) is 6.04 Å². The zero-order chi connectivity index (χ0) is 18.4. The van der Waals surface area contributed by atoms with Crippen LogP contribution < -0.4 is 9.64 Å². The first-order chi connectivity index (χ1) is 12.7. The Morgan fingerprint density at radius 2 is 1.92 bits per heavy atom. The van der Waals surface area contributed by atoms with E-state index in [0.717, 1.165) is 5.56 Å². The van der Waals surface area contributed by atoms with Crippen molar-refractivity contribution in [1.82, 2.24) is 0 Å². The van der Waals surface area contributed by atoms with Crippen molar-refractivity contribution in [2.24, 2.45) is 5.11 Å². The lowest BCUT2D eigenvalue weighted by Crippen LogP contribution is -2.63. The summed E-state index contributed by atoms with van der Waals surface area (Å²) in [5, 5.41) is 3.64. The van der Waals surface area contributed by atoms with Gasteiger partial charge in [0.2, 0.25) is 5.91 Å². The number of amides is 1. The van der Waals surface area contributed by atoms with Crippen LogP contribution in [0.5, 0.6) is 5.75 Å². The highest BCUT2D eigenvalue weighted by Gasteiger charge is 2.46. The third kappa shape index (κ3) is 3.69. The van der Waals surface area contributed by atoms with Gasteiger partial charge in [0.15, 0.2) is 6.79 Å². The molecule has 1 saturated heterocycles. The minimum Gasteiger partial charge on any atom is -0.468 e. The summed E-state index contributed by atoms with van der Waals surface area (Å²) in [4.78, 5) is 16.8. The molecule has 26 heavy (non-hydrogen) atoms. The van der Waals surface area contributed by atoms with Crippen LogP contribution in [0, 0.1) is 0 Å². The number of anilines is 1. The summed E-state index contributed by atoms with van der Waals surface area (Å²) in [6, 6.07) is 15.8. The van der Waals surface area contributed by atoms with E-state index in [4.69, 9.17) is 15.0 Å². The van der Waals surface area contributed by atoms with Crippen LogP contribution in [0.25, 0.3) is 16.5 Å². The zero-order valence-corrected chi connectivity index (χ0v) is 14.2. The lowest BCUT2D eigenvalue weighted by atomic mass is 9.93. The predicted octanol–water partition coefficient (Wildman–Crippen LogP) is 3.78. The number of β-lactam (4-membered cyclic amide) rings is 1. The van der Waals surface area contributed by atoms with Crippen molar-refractivity contribution in [3.63, 3.8) is 0 Å². The topological polar surface area (TPSA) is 87.5 Å². The highest BCUT2D eigenvalue weighted by atomic mass is 16.7. The number of rotatable bonds is 7. The molecule has 0 N–H and O–H groups in total. The number of hydrogen-bond donors (Lipinski definition) is 0. The molecule has 0 spiro atoms. The smallest absolute Gasteiger partial charge is 0.239 e. The van der Waals surface area contributed by atoms with Gasteiger partial charge in [0, 0.05) is 17.7 Å². The van der Waals surface area contributed by atoms with E-state index in [0.29, 0.717) is 11.4 Å². The normalized spacial score (nSPS) is 19.1. The van der Waals surface area contributed by atoms with E-state index in [-0.39, 0.29) is 18.7 Å². The molecule has 2 atom stereocenters. The van der Waals surface area contributed by atoms with Gasteiger partial charge >= 0.3 is 0 Å². The van der Waals surface area contributed by atoms with Crippen LogP contribution in [0.1, 0.15) is 5.56 Å². The number of azide groups is 1. The Morgan fingerprint density at radius 3 is 2.58 bits per heavy atom. The maximum absolute atomic E-state index is 12.4. The highest BCUT2D eigenvalue weighted by molar-refractivity contribution is 6.06. The van der Waals surface area contributed by atoms with Crippen molar-refractivity contribution in [2.45, 2.75) is 12.1 Å². The molecule has 1 fully saturated rings. The predicted molar refractivity (Wildman–Crippen MR) is 98.6 cm³/mol. The monoisotopic (exact) mass is 350 g/mol. The Labute approximate surface area is 151 Å². The Morgan fingerprint density at radius 1 is 1.19 bits per heavy atom. The maximum Gasteiger partial charge on any atom is 0.239 e. The van der Waals surface area contributed by atoms with E-state index < -0.39 is 6.04 Å². The average molecular weight is 350 g/mol. The lowest BCUT2D eigenvalue weighted by molar-refractivity contribution is -0.125. The summed E-state index contributed by atoms with van der Waals surface area (Å²) in [6.45, 7) is 0.156. The Hall–Kier alpha value is -3.28. The van der Waals surface area contributed by atoms with Crippen LogP contribution in [-0.4, -0.2) is 31.9 Å². The van der Waals surface area contributed by atoms with Gasteiger partial charge in [-0.15, -0.1) is 0 Å². The Bertz CT molecular complexity index is 830. The SMILES string of the molecule is COCOc1ccc(N2C(=O)C(N=[N+]=[N-])C2C=Cc2ccccc2)cc1. The van der Waals surface area contributed by atoms with Gasteiger partial charge in [0.1, 0.15) is 11.8 Å². The molecule has 1 aliphatic heterocycles. The van der Waals surface area contributed by atoms with Crippen LogP contribution in [-0.2, 0) is 9.53 Å². The second kappa shape index (κ2) is 8.20. The molecule has 2 aromatic rings. The van der Waals surface area contributed by atoms with Gasteiger partial charge in [0.25, 0.3) is 0 Å². The fourth-order valence-corrected chi connectivity index (χ4v) is 2.76. The largest absolute Gasteiger partial charge is 0.468 e. The zero-order valence-electron chi connectivity index (χ0n) is 14.2. The molecule has 132 valence electrons. The van der Waals surface area contributed by atoms with Crippen molar-refractivity contribution in [1.29, 1.82) is 0 Å². The first kappa shape index (κ1) is 17.5. The molecule has 1 aliphatic rings. The van der Waals surface area contributed by atoms with Crippen LogP contribution in [0.3, 0.4) is 0 Å². The number of nitrogens with zero attached hydrogens (tertiary/aromatic N) is 4. The molecule has 3 rings (SSSR count). The number of carbonyl (C=O) groups excluding carboxylic acids is 1. The maximum atomic E-state index is 12.4. The molecule has 0 aliphatic carbocycles. The molecule has 1 heterocycles. The summed E-state index contributed by atoms with van der Waals surface area (Å²) >= 11 is 0. The van der Waals surface area contributed by atoms with Gasteiger partial charge < -0.3 is 14.4 Å². The highest BCUT2D eigenvalue weighted by Crippen LogP contribution is 2.32. The van der Waals surface area contributed by atoms with Gasteiger partial charge in [-0.2, -0.15) is 0 Å². The van der Waals surface area contributed by atoms with Crippen molar-refractivity contribution >= 4 is 17.7 Å². The standard InChI is InChI=1S/C19H18N4O3/c1-25-13-26-16-10-8-15(9-11-16)23-17(18(19(23)24)21-22-20)12-7-14-5-3-2-4-6-14/h2-12,17-18H,13H2,1H3. The van der Waals surface area contributed by atoms with Crippen LogP contribution >= 0.6 is 0 Å². The third-order valence-corrected chi connectivity index (χ3v) is 4.03. The van der Waals surface area contributed by atoms with Crippen molar-refractivity contribution in [3.8, 4) is 5.75 Å². The van der Waals surface area contributed by atoms with Crippen molar-refractivity contribution < 1.29 is 14.3 Å². The summed E-state index contributed by atoms with van der Waals surface area (Å²) < 4.78 is 10.2. The molecule has 7 nitrogen and oxygen atoms in total. The van der Waals surface area contributed by atoms with Crippen molar-refractivity contribution in [3.05, 3.63) is 76.7 Å². The molecule has 7 heteroatoms. The summed E-state index contributed by atoms with van der Waals surface area (Å²) in [7, 11) is 1.55. The lowest BCUT2D eigenvalue weighted by Gasteiger charge is -2.43. The first-order valence-corrected chi connectivity index (χ1v) is 8.07. The van der Waals surface area contributed by atoms with E-state index in [1.807, 2.05) is 42.5 Å². The van der Waals surface area contributed by atoms with E-state index in [1.54, 1.807) is 36.3 Å². The summed E-state index contributed by atoms with van der Waals surface area (Å²) in [5.74, 6) is 0.419. The quantitative estimate of drug-likeness (QED) is 0.250. The number of hydrogen-bond acceptors (Lipinski definition) is 4. The average Bonchev–Trinajstić information content (AvgIpc) is 2.69. The minimum atomic E-state index is -0.732.